The van der Waals surface area contributed by atoms with E-state index < -0.39 is 28.0 Å². The third kappa shape index (κ3) is 6.81. The van der Waals surface area contributed by atoms with E-state index in [1.165, 1.54) is 38.3 Å². The molecule has 0 radical (unpaired) electrons. The monoisotopic (exact) mass is 372 g/mol. The Morgan fingerprint density at radius 1 is 1.20 bits per heavy atom. The first-order chi connectivity index (χ1) is 11.7. The van der Waals surface area contributed by atoms with Crippen LogP contribution in [0.15, 0.2) is 29.2 Å². The molecule has 0 unspecified atom stereocenters. The summed E-state index contributed by atoms with van der Waals surface area (Å²) < 4.78 is 36.6. The van der Waals surface area contributed by atoms with E-state index >= 15 is 0 Å². The van der Waals surface area contributed by atoms with Gasteiger partial charge in [-0.25, -0.2) is 17.9 Å². The molecular formula is C16H24N2O6S. The number of esters is 1. The number of carbonyl (C=O) groups excluding carboxylic acids is 2. The second kappa shape index (κ2) is 9.50. The molecule has 0 bridgehead atoms. The number of ether oxygens (including phenoxy) is 2. The summed E-state index contributed by atoms with van der Waals surface area (Å²) in [6, 6.07) is 5.17. The first kappa shape index (κ1) is 21.1. The van der Waals surface area contributed by atoms with Crippen LogP contribution in [-0.2, 0) is 24.3 Å². The number of nitrogens with one attached hydrogen (secondary N) is 2. The molecule has 1 rings (SSSR count). The highest BCUT2D eigenvalue weighted by Gasteiger charge is 2.21. The number of rotatable bonds is 9. The van der Waals surface area contributed by atoms with Crippen molar-refractivity contribution in [1.29, 1.82) is 0 Å². The van der Waals surface area contributed by atoms with Crippen molar-refractivity contribution in [3.05, 3.63) is 29.8 Å². The van der Waals surface area contributed by atoms with Crippen molar-refractivity contribution >= 4 is 21.9 Å². The third-order valence-corrected chi connectivity index (χ3v) is 4.69. The Kier molecular flexibility index (Phi) is 8.01. The number of methoxy groups -OCH3 is 1. The molecule has 9 heteroatoms. The van der Waals surface area contributed by atoms with Gasteiger partial charge in [0.25, 0.3) is 5.91 Å². The maximum absolute atomic E-state index is 12.2. The van der Waals surface area contributed by atoms with Crippen LogP contribution in [0.2, 0.25) is 0 Å². The van der Waals surface area contributed by atoms with E-state index in [0.717, 1.165) is 0 Å². The Morgan fingerprint density at radius 3 is 2.48 bits per heavy atom. The van der Waals surface area contributed by atoms with E-state index in [2.05, 4.69) is 10.0 Å². The molecule has 140 valence electrons. The summed E-state index contributed by atoms with van der Waals surface area (Å²) in [4.78, 5) is 23.9. The van der Waals surface area contributed by atoms with Crippen LogP contribution in [0.1, 0.15) is 31.1 Å². The van der Waals surface area contributed by atoms with Crippen molar-refractivity contribution in [2.75, 3.05) is 20.3 Å². The largest absolute Gasteiger partial charge is 0.449 e. The minimum atomic E-state index is -3.73. The van der Waals surface area contributed by atoms with Gasteiger partial charge in [-0.05, 0) is 39.0 Å². The van der Waals surface area contributed by atoms with Crippen LogP contribution in [0.25, 0.3) is 0 Å². The van der Waals surface area contributed by atoms with Gasteiger partial charge < -0.3 is 14.8 Å². The summed E-state index contributed by atoms with van der Waals surface area (Å²) in [6.45, 7) is 5.46. The van der Waals surface area contributed by atoms with Gasteiger partial charge in [-0.1, -0.05) is 6.07 Å². The van der Waals surface area contributed by atoms with Crippen LogP contribution in [0.3, 0.4) is 0 Å². The fourth-order valence-electron chi connectivity index (χ4n) is 1.87. The van der Waals surface area contributed by atoms with Crippen molar-refractivity contribution < 1.29 is 27.5 Å². The van der Waals surface area contributed by atoms with Gasteiger partial charge in [-0.2, -0.15) is 0 Å². The minimum Gasteiger partial charge on any atom is -0.449 e. The molecule has 0 saturated heterocycles. The van der Waals surface area contributed by atoms with Gasteiger partial charge in [-0.3, -0.25) is 4.79 Å². The number of amides is 1. The quantitative estimate of drug-likeness (QED) is 0.487. The molecule has 1 atom stereocenters. The average Bonchev–Trinajstić information content (AvgIpc) is 2.53. The van der Waals surface area contributed by atoms with Gasteiger partial charge in [0, 0.05) is 19.7 Å². The fraction of sp³-hybridized carbons (Fsp3) is 0.500. The van der Waals surface area contributed by atoms with Crippen molar-refractivity contribution in [2.24, 2.45) is 0 Å². The molecule has 2 N–H and O–H groups in total. The summed E-state index contributed by atoms with van der Waals surface area (Å²) in [5, 5.41) is 2.55. The lowest BCUT2D eigenvalue weighted by atomic mass is 10.2. The van der Waals surface area contributed by atoms with E-state index in [9.17, 15) is 18.0 Å². The topological polar surface area (TPSA) is 111 Å². The lowest BCUT2D eigenvalue weighted by Gasteiger charge is -2.14. The van der Waals surface area contributed by atoms with Crippen LogP contribution in [0.4, 0.5) is 0 Å². The van der Waals surface area contributed by atoms with E-state index in [4.69, 9.17) is 9.47 Å². The van der Waals surface area contributed by atoms with Crippen LogP contribution >= 0.6 is 0 Å². The normalized spacial score (nSPS) is 12.7. The lowest BCUT2D eigenvalue weighted by molar-refractivity contribution is -0.129. The molecule has 0 aromatic heterocycles. The van der Waals surface area contributed by atoms with Gasteiger partial charge in [0.2, 0.25) is 10.0 Å². The van der Waals surface area contributed by atoms with Gasteiger partial charge in [-0.15, -0.1) is 0 Å². The molecule has 1 amide bonds. The highest BCUT2D eigenvalue weighted by molar-refractivity contribution is 7.89. The van der Waals surface area contributed by atoms with E-state index in [0.29, 0.717) is 13.2 Å². The molecule has 0 heterocycles. The molecule has 25 heavy (non-hydrogen) atoms. The number of benzene rings is 1. The van der Waals surface area contributed by atoms with Gasteiger partial charge in [0.1, 0.15) is 0 Å². The molecule has 1 aromatic carbocycles. The van der Waals surface area contributed by atoms with Crippen molar-refractivity contribution in [3.63, 3.8) is 0 Å². The van der Waals surface area contributed by atoms with Crippen molar-refractivity contribution in [3.8, 4) is 0 Å². The maximum Gasteiger partial charge on any atom is 0.338 e. The number of sulfonamides is 1. The Hall–Kier alpha value is -1.97. The molecule has 0 aliphatic heterocycles. The average molecular weight is 372 g/mol. The van der Waals surface area contributed by atoms with Crippen molar-refractivity contribution in [2.45, 2.75) is 37.8 Å². The second-order valence-electron chi connectivity index (χ2n) is 5.64. The predicted molar refractivity (Wildman–Crippen MR) is 91.7 cm³/mol. The van der Waals surface area contributed by atoms with Crippen LogP contribution in [0, 0.1) is 0 Å². The maximum atomic E-state index is 12.2. The first-order valence-corrected chi connectivity index (χ1v) is 9.25. The van der Waals surface area contributed by atoms with E-state index in [1.807, 2.05) is 0 Å². The summed E-state index contributed by atoms with van der Waals surface area (Å²) in [6.07, 6.45) is -1.02. The number of hydrogen-bond acceptors (Lipinski definition) is 6. The van der Waals surface area contributed by atoms with Gasteiger partial charge in [0.05, 0.1) is 17.1 Å². The van der Waals surface area contributed by atoms with E-state index in [-0.39, 0.29) is 16.5 Å². The SMILES string of the molecule is COCCNC(=O)[C@@H](C)OC(=O)c1cccc(S(=O)(=O)NC(C)C)c1. The van der Waals surface area contributed by atoms with Gasteiger partial charge >= 0.3 is 5.97 Å². The van der Waals surface area contributed by atoms with E-state index in [1.54, 1.807) is 13.8 Å². The summed E-state index contributed by atoms with van der Waals surface area (Å²) >= 11 is 0. The zero-order valence-corrected chi connectivity index (χ0v) is 15.6. The van der Waals surface area contributed by atoms with Crippen molar-refractivity contribution in [1.82, 2.24) is 10.0 Å². The standard InChI is InChI=1S/C16H24N2O6S/c1-11(2)18-25(21,22)14-7-5-6-13(10-14)16(20)24-12(3)15(19)17-8-9-23-4/h5-7,10-12,18H,8-9H2,1-4H3,(H,17,19)/t12-/m1/s1. The third-order valence-electron chi connectivity index (χ3n) is 3.03. The lowest BCUT2D eigenvalue weighted by Crippen LogP contribution is -2.37. The second-order valence-corrected chi connectivity index (χ2v) is 7.35. The predicted octanol–water partition coefficient (Wildman–Crippen LogP) is 0.681. The Labute approximate surface area is 147 Å². The van der Waals surface area contributed by atoms with Crippen LogP contribution in [0.5, 0.6) is 0 Å². The number of hydrogen-bond donors (Lipinski definition) is 2. The molecule has 0 aliphatic carbocycles. The molecular weight excluding hydrogens is 348 g/mol. The summed E-state index contributed by atoms with van der Waals surface area (Å²) in [7, 11) is -2.22. The van der Waals surface area contributed by atoms with Gasteiger partial charge in [0.15, 0.2) is 6.10 Å². The Balaban J connectivity index is 2.80. The summed E-state index contributed by atoms with van der Waals surface area (Å²) in [5.41, 5.74) is 0.0446. The Morgan fingerprint density at radius 2 is 1.88 bits per heavy atom. The Bertz CT molecular complexity index is 702. The number of carbonyl (C=O) groups is 2. The highest BCUT2D eigenvalue weighted by Crippen LogP contribution is 2.13. The fourth-order valence-corrected chi connectivity index (χ4v) is 3.17. The molecule has 1 aromatic rings. The zero-order valence-electron chi connectivity index (χ0n) is 14.7. The molecule has 0 saturated carbocycles. The molecule has 0 spiro atoms. The minimum absolute atomic E-state index is 0.0446. The van der Waals surface area contributed by atoms with Crippen LogP contribution < -0.4 is 10.0 Å². The van der Waals surface area contributed by atoms with Crippen LogP contribution in [-0.4, -0.2) is 52.7 Å². The smallest absolute Gasteiger partial charge is 0.338 e. The summed E-state index contributed by atoms with van der Waals surface area (Å²) in [5.74, 6) is -1.24. The first-order valence-electron chi connectivity index (χ1n) is 7.77. The zero-order chi connectivity index (χ0) is 19.0. The molecule has 0 aliphatic rings. The highest BCUT2D eigenvalue weighted by atomic mass is 32.2. The molecule has 0 fully saturated rings. The molecule has 8 nitrogen and oxygen atoms in total.